The fourth-order valence-corrected chi connectivity index (χ4v) is 3.94. The minimum Gasteiger partial charge on any atom is -0.351 e. The molecule has 1 aliphatic rings. The van der Waals surface area contributed by atoms with E-state index in [0.717, 1.165) is 16.5 Å². The highest BCUT2D eigenvalue weighted by Crippen LogP contribution is 2.36. The number of fused-ring (bicyclic) bond motifs is 1. The van der Waals surface area contributed by atoms with Gasteiger partial charge in [0.2, 0.25) is 5.91 Å². The quantitative estimate of drug-likeness (QED) is 0.915. The highest BCUT2D eigenvalue weighted by atomic mass is 79.9. The number of hydrogen-bond acceptors (Lipinski definition) is 2. The first-order valence-corrected chi connectivity index (χ1v) is 8.16. The Morgan fingerprint density at radius 3 is 2.90 bits per heavy atom. The molecule has 1 unspecified atom stereocenters. The second kappa shape index (κ2) is 6.02. The molecule has 1 heterocycles. The van der Waals surface area contributed by atoms with E-state index in [2.05, 4.69) is 33.4 Å². The molecule has 3 rings (SSSR count). The van der Waals surface area contributed by atoms with E-state index in [1.165, 1.54) is 10.5 Å². The lowest BCUT2D eigenvalue weighted by atomic mass is 10.1. The molecule has 20 heavy (non-hydrogen) atoms. The second-order valence-corrected chi connectivity index (χ2v) is 6.93. The van der Waals surface area contributed by atoms with E-state index in [1.54, 1.807) is 11.8 Å². The van der Waals surface area contributed by atoms with Crippen LogP contribution in [0.15, 0.2) is 57.9 Å². The van der Waals surface area contributed by atoms with Gasteiger partial charge in [-0.2, -0.15) is 0 Å². The number of amides is 1. The summed E-state index contributed by atoms with van der Waals surface area (Å²) in [4.78, 5) is 13.5. The molecule has 1 N–H and O–H groups in total. The maximum atomic E-state index is 12.2. The van der Waals surface area contributed by atoms with Gasteiger partial charge in [-0.15, -0.1) is 11.8 Å². The summed E-state index contributed by atoms with van der Waals surface area (Å²) in [6, 6.07) is 16.2. The predicted octanol–water partition coefficient (Wildman–Crippen LogP) is 3.78. The molecule has 2 aromatic carbocycles. The van der Waals surface area contributed by atoms with Crippen molar-refractivity contribution < 1.29 is 4.79 Å². The zero-order valence-electron chi connectivity index (χ0n) is 10.8. The van der Waals surface area contributed by atoms with E-state index in [-0.39, 0.29) is 11.2 Å². The molecule has 2 nitrogen and oxygen atoms in total. The minimum absolute atomic E-state index is 0.000414. The lowest BCUT2D eigenvalue weighted by molar-refractivity contribution is -0.120. The topological polar surface area (TPSA) is 29.1 Å². The SMILES string of the molecule is O=C(NCc1cccc(Br)c1)C1Cc2ccccc2S1. The highest BCUT2D eigenvalue weighted by Gasteiger charge is 2.27. The van der Waals surface area contributed by atoms with Crippen molar-refractivity contribution in [1.82, 2.24) is 5.32 Å². The molecular weight excluding hydrogens is 334 g/mol. The third-order valence-corrected chi connectivity index (χ3v) is 5.11. The number of carbonyl (C=O) groups excluding carboxylic acids is 1. The highest BCUT2D eigenvalue weighted by molar-refractivity contribution is 9.10. The summed E-state index contributed by atoms with van der Waals surface area (Å²) in [5.41, 5.74) is 2.38. The molecule has 0 saturated heterocycles. The number of rotatable bonds is 3. The number of benzene rings is 2. The van der Waals surface area contributed by atoms with Gasteiger partial charge in [0.25, 0.3) is 0 Å². The van der Waals surface area contributed by atoms with Crippen molar-refractivity contribution in [3.63, 3.8) is 0 Å². The Kier molecular flexibility index (Phi) is 4.13. The third-order valence-electron chi connectivity index (χ3n) is 3.30. The van der Waals surface area contributed by atoms with Crippen molar-refractivity contribution in [2.24, 2.45) is 0 Å². The molecule has 0 bridgehead atoms. The van der Waals surface area contributed by atoms with E-state index >= 15 is 0 Å². The van der Waals surface area contributed by atoms with Gasteiger partial charge in [0.05, 0.1) is 5.25 Å². The zero-order chi connectivity index (χ0) is 13.9. The standard InChI is InChI=1S/C16H14BrNOS/c17-13-6-3-4-11(8-13)10-18-16(19)15-9-12-5-1-2-7-14(12)20-15/h1-8,15H,9-10H2,(H,18,19). The van der Waals surface area contributed by atoms with Crippen LogP contribution in [0.3, 0.4) is 0 Å². The zero-order valence-corrected chi connectivity index (χ0v) is 13.2. The molecule has 0 saturated carbocycles. The normalized spacial score (nSPS) is 16.8. The third kappa shape index (κ3) is 3.07. The monoisotopic (exact) mass is 347 g/mol. The molecule has 0 aromatic heterocycles. The van der Waals surface area contributed by atoms with Crippen LogP contribution in [0, 0.1) is 0 Å². The van der Waals surface area contributed by atoms with Gasteiger partial charge in [-0.1, -0.05) is 46.3 Å². The average Bonchev–Trinajstić information content (AvgIpc) is 2.89. The summed E-state index contributed by atoms with van der Waals surface area (Å²) in [6.45, 7) is 0.575. The minimum atomic E-state index is -0.000414. The molecule has 102 valence electrons. The number of nitrogens with one attached hydrogen (secondary N) is 1. The number of thioether (sulfide) groups is 1. The Hall–Kier alpha value is -1.26. The molecule has 4 heteroatoms. The van der Waals surface area contributed by atoms with Gasteiger partial charge in [-0.25, -0.2) is 0 Å². The van der Waals surface area contributed by atoms with Crippen LogP contribution in [-0.4, -0.2) is 11.2 Å². The lowest BCUT2D eigenvalue weighted by Gasteiger charge is -2.10. The molecule has 0 fully saturated rings. The van der Waals surface area contributed by atoms with Gasteiger partial charge in [0, 0.05) is 15.9 Å². The molecule has 1 atom stereocenters. The molecule has 0 spiro atoms. The summed E-state index contributed by atoms with van der Waals surface area (Å²) in [6.07, 6.45) is 0.825. The van der Waals surface area contributed by atoms with Crippen molar-refractivity contribution in [2.75, 3.05) is 0 Å². The second-order valence-electron chi connectivity index (χ2n) is 4.77. The molecule has 0 aliphatic carbocycles. The fraction of sp³-hybridized carbons (Fsp3) is 0.188. The average molecular weight is 348 g/mol. The van der Waals surface area contributed by atoms with E-state index < -0.39 is 0 Å². The van der Waals surface area contributed by atoms with Crippen LogP contribution in [0.1, 0.15) is 11.1 Å². The van der Waals surface area contributed by atoms with Gasteiger partial charge >= 0.3 is 0 Å². The van der Waals surface area contributed by atoms with Crippen LogP contribution in [0.2, 0.25) is 0 Å². The van der Waals surface area contributed by atoms with Crippen LogP contribution in [0.5, 0.6) is 0 Å². The van der Waals surface area contributed by atoms with Crippen molar-refractivity contribution >= 4 is 33.6 Å². The predicted molar refractivity (Wildman–Crippen MR) is 85.8 cm³/mol. The van der Waals surface area contributed by atoms with Crippen LogP contribution < -0.4 is 5.32 Å². The first kappa shape index (κ1) is 13.7. The summed E-state index contributed by atoms with van der Waals surface area (Å²) in [5, 5.41) is 3.02. The van der Waals surface area contributed by atoms with Gasteiger partial charge in [0.1, 0.15) is 0 Å². The Bertz CT molecular complexity index is 619. The fourth-order valence-electron chi connectivity index (χ4n) is 2.28. The van der Waals surface area contributed by atoms with Crippen molar-refractivity contribution in [1.29, 1.82) is 0 Å². The van der Waals surface area contributed by atoms with E-state index in [9.17, 15) is 4.79 Å². The summed E-state index contributed by atoms with van der Waals surface area (Å²) in [7, 11) is 0. The first-order valence-electron chi connectivity index (χ1n) is 6.49. The van der Waals surface area contributed by atoms with Gasteiger partial charge in [-0.3, -0.25) is 4.79 Å². The van der Waals surface area contributed by atoms with Crippen molar-refractivity contribution in [2.45, 2.75) is 23.1 Å². The first-order chi connectivity index (χ1) is 9.72. The smallest absolute Gasteiger partial charge is 0.234 e. The Labute approximate surface area is 131 Å². The largest absolute Gasteiger partial charge is 0.351 e. The molecule has 1 aliphatic heterocycles. The molecule has 0 radical (unpaired) electrons. The van der Waals surface area contributed by atoms with Gasteiger partial charge < -0.3 is 5.32 Å². The molecule has 1 amide bonds. The van der Waals surface area contributed by atoms with Crippen molar-refractivity contribution in [3.8, 4) is 0 Å². The number of hydrogen-bond donors (Lipinski definition) is 1. The van der Waals surface area contributed by atoms with Crippen LogP contribution in [0.25, 0.3) is 0 Å². The van der Waals surface area contributed by atoms with Gasteiger partial charge in [-0.05, 0) is 35.7 Å². The molecule has 2 aromatic rings. The van der Waals surface area contributed by atoms with E-state index in [4.69, 9.17) is 0 Å². The number of halogens is 1. The Morgan fingerprint density at radius 2 is 2.10 bits per heavy atom. The summed E-state index contributed by atoms with van der Waals surface area (Å²) >= 11 is 5.10. The van der Waals surface area contributed by atoms with Crippen LogP contribution in [0.4, 0.5) is 0 Å². The maximum Gasteiger partial charge on any atom is 0.234 e. The Morgan fingerprint density at radius 1 is 1.25 bits per heavy atom. The lowest BCUT2D eigenvalue weighted by Crippen LogP contribution is -2.31. The van der Waals surface area contributed by atoms with Crippen LogP contribution in [-0.2, 0) is 17.8 Å². The van der Waals surface area contributed by atoms with E-state index in [0.29, 0.717) is 6.54 Å². The summed E-state index contributed by atoms with van der Waals surface area (Å²) in [5.74, 6) is 0.117. The van der Waals surface area contributed by atoms with Crippen molar-refractivity contribution in [3.05, 3.63) is 64.1 Å². The number of carbonyl (C=O) groups is 1. The maximum absolute atomic E-state index is 12.2. The Balaban J connectivity index is 1.59. The van der Waals surface area contributed by atoms with Crippen LogP contribution >= 0.6 is 27.7 Å². The van der Waals surface area contributed by atoms with Gasteiger partial charge in [0.15, 0.2) is 0 Å². The molecular formula is C16H14BrNOS. The van der Waals surface area contributed by atoms with E-state index in [1.807, 2.05) is 36.4 Å². The summed E-state index contributed by atoms with van der Waals surface area (Å²) < 4.78 is 1.03.